The van der Waals surface area contributed by atoms with Gasteiger partial charge in [0.15, 0.2) is 5.75 Å². The monoisotopic (exact) mass is 336 g/mol. The lowest BCUT2D eigenvalue weighted by Gasteiger charge is -2.07. The van der Waals surface area contributed by atoms with Crippen molar-refractivity contribution in [2.24, 2.45) is 0 Å². The minimum Gasteiger partial charge on any atom is -0.480 e. The average molecular weight is 337 g/mol. The minimum absolute atomic E-state index is 0.0457. The molecule has 7 heteroatoms. The zero-order valence-electron chi connectivity index (χ0n) is 10.2. The zero-order chi connectivity index (χ0) is 14.5. The van der Waals surface area contributed by atoms with Crippen molar-refractivity contribution in [3.05, 3.63) is 62.4 Å². The van der Waals surface area contributed by atoms with Gasteiger partial charge < -0.3 is 4.74 Å². The molecule has 0 aliphatic carbocycles. The summed E-state index contributed by atoms with van der Waals surface area (Å²) in [6, 6.07) is 7.48. The van der Waals surface area contributed by atoms with Gasteiger partial charge in [0.1, 0.15) is 12.9 Å². The van der Waals surface area contributed by atoms with Crippen molar-refractivity contribution in [2.45, 2.75) is 6.61 Å². The maximum absolute atomic E-state index is 10.9. The van der Waals surface area contributed by atoms with Crippen molar-refractivity contribution in [1.82, 2.24) is 4.98 Å². The highest BCUT2D eigenvalue weighted by Gasteiger charge is 2.15. The summed E-state index contributed by atoms with van der Waals surface area (Å²) >= 11 is 3.26. The Bertz CT molecular complexity index is 643. The molecular weight excluding hydrogens is 328 g/mol. The van der Waals surface area contributed by atoms with Crippen LogP contribution in [0.2, 0.25) is 0 Å². The first-order valence-corrected chi connectivity index (χ1v) is 6.36. The first kappa shape index (κ1) is 14.1. The lowest BCUT2D eigenvalue weighted by atomic mass is 10.2. The number of nitro benzene ring substituents is 1. The Balaban J connectivity index is 2.20. The molecule has 20 heavy (non-hydrogen) atoms. The molecular formula is C13H9BrN2O4. The van der Waals surface area contributed by atoms with Crippen molar-refractivity contribution in [1.29, 1.82) is 0 Å². The largest absolute Gasteiger partial charge is 0.480 e. The highest BCUT2D eigenvalue weighted by molar-refractivity contribution is 9.10. The second kappa shape index (κ2) is 6.25. The van der Waals surface area contributed by atoms with Crippen LogP contribution in [-0.4, -0.2) is 16.2 Å². The topological polar surface area (TPSA) is 82.3 Å². The normalized spacial score (nSPS) is 10.1. The van der Waals surface area contributed by atoms with E-state index >= 15 is 0 Å². The Kier molecular flexibility index (Phi) is 4.41. The molecule has 0 aliphatic rings. The van der Waals surface area contributed by atoms with Crippen LogP contribution < -0.4 is 4.74 Å². The number of benzene rings is 1. The number of hydrogen-bond acceptors (Lipinski definition) is 5. The van der Waals surface area contributed by atoms with Crippen LogP contribution in [0.1, 0.15) is 16.1 Å². The minimum atomic E-state index is -0.557. The fraction of sp³-hybridized carbons (Fsp3) is 0.0769. The molecule has 0 fully saturated rings. The summed E-state index contributed by atoms with van der Waals surface area (Å²) in [4.78, 5) is 25.1. The molecule has 0 atom stereocenters. The second-order valence-electron chi connectivity index (χ2n) is 3.86. The fourth-order valence-corrected chi connectivity index (χ4v) is 1.75. The summed E-state index contributed by atoms with van der Waals surface area (Å²) in [5.41, 5.74) is 0.751. The third kappa shape index (κ3) is 3.39. The van der Waals surface area contributed by atoms with Crippen LogP contribution >= 0.6 is 15.9 Å². The van der Waals surface area contributed by atoms with Gasteiger partial charge in [0.2, 0.25) is 0 Å². The summed E-state index contributed by atoms with van der Waals surface area (Å²) < 4.78 is 6.22. The van der Waals surface area contributed by atoms with Gasteiger partial charge in [-0.05, 0) is 40.2 Å². The van der Waals surface area contributed by atoms with E-state index in [-0.39, 0.29) is 18.0 Å². The summed E-state index contributed by atoms with van der Waals surface area (Å²) in [6.07, 6.45) is 2.21. The molecule has 0 N–H and O–H groups in total. The molecule has 0 unspecified atom stereocenters. The van der Waals surface area contributed by atoms with Gasteiger partial charge in [-0.25, -0.2) is 0 Å². The molecule has 0 amide bonds. The Hall–Kier alpha value is -2.28. The number of rotatable bonds is 5. The number of nitro groups is 1. The van der Waals surface area contributed by atoms with Gasteiger partial charge in [-0.3, -0.25) is 19.9 Å². The molecule has 2 rings (SSSR count). The maximum Gasteiger partial charge on any atom is 0.310 e. The van der Waals surface area contributed by atoms with Crippen molar-refractivity contribution in [3.8, 4) is 5.75 Å². The van der Waals surface area contributed by atoms with E-state index in [1.165, 1.54) is 18.2 Å². The number of aromatic nitrogens is 1. The van der Waals surface area contributed by atoms with Crippen molar-refractivity contribution in [2.75, 3.05) is 0 Å². The lowest BCUT2D eigenvalue weighted by Crippen LogP contribution is -2.01. The Morgan fingerprint density at radius 1 is 1.35 bits per heavy atom. The molecule has 102 valence electrons. The highest BCUT2D eigenvalue weighted by atomic mass is 79.9. The molecule has 0 saturated heterocycles. The van der Waals surface area contributed by atoms with Gasteiger partial charge in [-0.1, -0.05) is 0 Å². The van der Waals surface area contributed by atoms with E-state index in [2.05, 4.69) is 20.9 Å². The third-order valence-electron chi connectivity index (χ3n) is 2.48. The van der Waals surface area contributed by atoms with Crippen molar-refractivity contribution >= 4 is 27.9 Å². The first-order valence-electron chi connectivity index (χ1n) is 5.57. The summed E-state index contributed by atoms with van der Waals surface area (Å²) in [5, 5.41) is 10.9. The molecule has 1 aromatic heterocycles. The number of ether oxygens (including phenoxy) is 1. The smallest absolute Gasteiger partial charge is 0.310 e. The predicted molar refractivity (Wildman–Crippen MR) is 74.8 cm³/mol. The second-order valence-corrected chi connectivity index (χ2v) is 4.77. The van der Waals surface area contributed by atoms with Crippen LogP contribution in [0.3, 0.4) is 0 Å². The lowest BCUT2D eigenvalue weighted by molar-refractivity contribution is -0.385. The van der Waals surface area contributed by atoms with E-state index in [1.54, 1.807) is 18.3 Å². The maximum atomic E-state index is 10.9. The van der Waals surface area contributed by atoms with Crippen LogP contribution in [0, 0.1) is 10.1 Å². The molecule has 2 aromatic rings. The van der Waals surface area contributed by atoms with Gasteiger partial charge in [0.25, 0.3) is 0 Å². The predicted octanol–water partition coefficient (Wildman–Crippen LogP) is 3.14. The molecule has 1 heterocycles. The fourth-order valence-electron chi connectivity index (χ4n) is 1.51. The van der Waals surface area contributed by atoms with Crippen LogP contribution in [-0.2, 0) is 6.61 Å². The summed E-state index contributed by atoms with van der Waals surface area (Å²) in [5.74, 6) is 0.0457. The van der Waals surface area contributed by atoms with Gasteiger partial charge in [0, 0.05) is 22.3 Å². The van der Waals surface area contributed by atoms with Gasteiger partial charge >= 0.3 is 5.69 Å². The number of hydrogen-bond donors (Lipinski definition) is 0. The summed E-state index contributed by atoms with van der Waals surface area (Å²) in [6.45, 7) is 0.0798. The van der Waals surface area contributed by atoms with Gasteiger partial charge in [-0.2, -0.15) is 0 Å². The molecule has 1 aromatic carbocycles. The number of halogens is 1. The van der Waals surface area contributed by atoms with E-state index in [4.69, 9.17) is 4.74 Å². The van der Waals surface area contributed by atoms with E-state index < -0.39 is 4.92 Å². The Morgan fingerprint density at radius 3 is 2.75 bits per heavy atom. The first-order chi connectivity index (χ1) is 9.60. The molecule has 0 spiro atoms. The molecule has 0 aliphatic heterocycles. The summed E-state index contributed by atoms with van der Waals surface area (Å²) in [7, 11) is 0. The van der Waals surface area contributed by atoms with E-state index in [0.29, 0.717) is 17.5 Å². The highest BCUT2D eigenvalue weighted by Crippen LogP contribution is 2.28. The molecule has 0 bridgehead atoms. The Labute approximate surface area is 122 Å². The van der Waals surface area contributed by atoms with Crippen LogP contribution in [0.5, 0.6) is 5.75 Å². The Morgan fingerprint density at radius 2 is 2.15 bits per heavy atom. The number of carbonyl (C=O) groups excluding carboxylic acids is 1. The van der Waals surface area contributed by atoms with E-state index in [1.807, 2.05) is 0 Å². The third-order valence-corrected chi connectivity index (χ3v) is 2.95. The van der Waals surface area contributed by atoms with Crippen LogP contribution in [0.25, 0.3) is 0 Å². The van der Waals surface area contributed by atoms with E-state index in [0.717, 1.165) is 4.47 Å². The number of nitrogens with zero attached hydrogens (tertiary/aromatic N) is 2. The number of carbonyl (C=O) groups is 1. The van der Waals surface area contributed by atoms with Crippen molar-refractivity contribution < 1.29 is 14.5 Å². The average Bonchev–Trinajstić information content (AvgIpc) is 2.46. The van der Waals surface area contributed by atoms with Gasteiger partial charge in [-0.15, -0.1) is 0 Å². The van der Waals surface area contributed by atoms with E-state index in [9.17, 15) is 14.9 Å². The zero-order valence-corrected chi connectivity index (χ0v) is 11.7. The van der Waals surface area contributed by atoms with Crippen LogP contribution in [0.15, 0.2) is 41.0 Å². The van der Waals surface area contributed by atoms with Crippen molar-refractivity contribution in [3.63, 3.8) is 0 Å². The number of aldehydes is 1. The standard InChI is InChI=1S/C13H9BrN2O4/c14-10-2-3-11(15-6-10)8-20-13-5-9(7-17)1-4-12(13)16(18)19/h1-7H,8H2. The van der Waals surface area contributed by atoms with Gasteiger partial charge in [0.05, 0.1) is 10.6 Å². The molecule has 0 saturated carbocycles. The SMILES string of the molecule is O=Cc1ccc([N+](=O)[O-])c(OCc2ccc(Br)cn2)c1. The number of pyridine rings is 1. The van der Waals surface area contributed by atoms with Crippen LogP contribution in [0.4, 0.5) is 5.69 Å². The molecule has 6 nitrogen and oxygen atoms in total. The molecule has 0 radical (unpaired) electrons. The quantitative estimate of drug-likeness (QED) is 0.475.